The van der Waals surface area contributed by atoms with Crippen LogP contribution < -0.4 is 0 Å². The molecular formula is H6MgO6S4. The normalized spacial score (nSPS) is 10.5. The van der Waals surface area contributed by atoms with Gasteiger partial charge < -0.3 is 2.85 Å². The van der Waals surface area contributed by atoms with Crippen LogP contribution in [0.3, 0.4) is 0 Å². The fourth-order valence-electron chi connectivity index (χ4n) is 0. The molecule has 0 fully saturated rings. The first kappa shape index (κ1) is 18.2. The standard InChI is InChI=1S/Mg.2H2O3S2.2H/c;2*1-5(2,3)4;;/h;2*(H2,1,2,3,4);;/q+2;;;2*-1. The molecule has 0 aliphatic carbocycles. The summed E-state index contributed by atoms with van der Waals surface area (Å²) in [5.74, 6) is 0. The minimum Gasteiger partial charge on any atom is -1.00 e. The van der Waals surface area contributed by atoms with Gasteiger partial charge in [-0.2, -0.15) is 8.42 Å². The van der Waals surface area contributed by atoms with Crippen LogP contribution in [0.5, 0.6) is 0 Å². The summed E-state index contributed by atoms with van der Waals surface area (Å²) in [6.45, 7) is 0. The Morgan fingerprint density at radius 2 is 0.909 bits per heavy atom. The van der Waals surface area contributed by atoms with Gasteiger partial charge in [0, 0.05) is 22.4 Å². The Morgan fingerprint density at radius 1 is 0.909 bits per heavy atom. The number of hydrogen-bond donors (Lipinski definition) is 4. The fraction of sp³-hybridized carbons (Fsp3) is 0. The van der Waals surface area contributed by atoms with Crippen molar-refractivity contribution in [3.8, 4) is 0 Å². The van der Waals surface area contributed by atoms with Crippen LogP contribution in [-0.2, 0) is 40.5 Å². The molecule has 0 rings (SSSR count). The third kappa shape index (κ3) is 547. The average Bonchev–Trinajstić information content (AvgIpc) is 1.12. The molecule has 11 heteroatoms. The van der Waals surface area contributed by atoms with Crippen molar-refractivity contribution in [3.05, 3.63) is 0 Å². The van der Waals surface area contributed by atoms with E-state index in [9.17, 15) is 0 Å². The molecule has 4 N–H and O–H groups in total. The summed E-state index contributed by atoms with van der Waals surface area (Å²) in [7, 11) is -7.67. The Morgan fingerprint density at radius 3 is 0.909 bits per heavy atom. The molecule has 0 aromatic heterocycles. The van der Waals surface area contributed by atoms with E-state index in [0.29, 0.717) is 0 Å². The van der Waals surface area contributed by atoms with Crippen LogP contribution in [0.1, 0.15) is 2.85 Å². The number of hydrogen-bond acceptors (Lipinski definition) is 4. The monoisotopic (exact) mass is 254 g/mol. The fourth-order valence-corrected chi connectivity index (χ4v) is 0. The predicted octanol–water partition coefficient (Wildman–Crippen LogP) is -0.798. The van der Waals surface area contributed by atoms with Crippen molar-refractivity contribution < 1.29 is 29.5 Å². The molecule has 0 spiro atoms. The van der Waals surface area contributed by atoms with Crippen LogP contribution in [-0.4, -0.2) is 49.7 Å². The molecule has 0 aliphatic heterocycles. The molecule has 0 saturated heterocycles. The molecule has 0 bridgehead atoms. The van der Waals surface area contributed by atoms with E-state index in [1.165, 1.54) is 0 Å². The van der Waals surface area contributed by atoms with E-state index in [1.807, 2.05) is 0 Å². The van der Waals surface area contributed by atoms with Crippen LogP contribution in [0.2, 0.25) is 0 Å². The first-order valence-corrected chi connectivity index (χ1v) is 6.19. The Balaban J connectivity index is -0.0000000267. The molecule has 11 heavy (non-hydrogen) atoms. The molecule has 68 valence electrons. The van der Waals surface area contributed by atoms with Crippen molar-refractivity contribution in [2.45, 2.75) is 0 Å². The summed E-state index contributed by atoms with van der Waals surface area (Å²) in [5.41, 5.74) is 0. The molecule has 0 aliphatic rings. The Kier molecular flexibility index (Phi) is 11.3. The molecule has 0 aromatic carbocycles. The van der Waals surface area contributed by atoms with Gasteiger partial charge in [-0.15, -0.1) is 0 Å². The smallest absolute Gasteiger partial charge is 1.00 e. The van der Waals surface area contributed by atoms with Gasteiger partial charge in [0.1, 0.15) is 0 Å². The minimum atomic E-state index is -3.83. The Labute approximate surface area is 92.5 Å². The Hall–Kier alpha value is 1.35. The van der Waals surface area contributed by atoms with Gasteiger partial charge in [0.05, 0.1) is 0 Å². The maximum atomic E-state index is 9.11. The molecule has 0 unspecified atom stereocenters. The van der Waals surface area contributed by atoms with Crippen molar-refractivity contribution in [3.63, 3.8) is 0 Å². The maximum absolute atomic E-state index is 9.11. The first-order valence-electron chi connectivity index (χ1n) is 1.40. The van der Waals surface area contributed by atoms with E-state index in [4.69, 9.17) is 26.6 Å². The molecule has 0 aromatic rings. The van der Waals surface area contributed by atoms with Gasteiger partial charge in [-0.3, -0.25) is 18.2 Å². The molecule has 0 heterocycles. The van der Waals surface area contributed by atoms with Gasteiger partial charge in [-0.05, 0) is 0 Å². The van der Waals surface area contributed by atoms with Crippen molar-refractivity contribution in [1.82, 2.24) is 0 Å². The van der Waals surface area contributed by atoms with Gasteiger partial charge >= 0.3 is 23.1 Å². The second-order valence-electron chi connectivity index (χ2n) is 0.896. The summed E-state index contributed by atoms with van der Waals surface area (Å²) in [6, 6.07) is 0. The van der Waals surface area contributed by atoms with Crippen LogP contribution in [0.4, 0.5) is 0 Å². The zero-order chi connectivity index (χ0) is 9.00. The summed E-state index contributed by atoms with van der Waals surface area (Å²) < 4.78 is 47.9. The zero-order valence-electron chi connectivity index (χ0n) is 6.95. The summed E-state index contributed by atoms with van der Waals surface area (Å²) >= 11 is 6.93. The largest absolute Gasteiger partial charge is 2.00 e. The zero-order valence-corrected chi connectivity index (χ0v) is 9.63. The van der Waals surface area contributed by atoms with E-state index in [1.54, 1.807) is 0 Å². The number of rotatable bonds is 0. The van der Waals surface area contributed by atoms with Gasteiger partial charge in [0.2, 0.25) is 0 Å². The van der Waals surface area contributed by atoms with E-state index >= 15 is 0 Å². The molecule has 0 atom stereocenters. The SMILES string of the molecule is O=S(O)(O)=S.O=S(O)(O)=S.[H-].[H-].[Mg+2]. The van der Waals surface area contributed by atoms with Crippen LogP contribution >= 0.6 is 0 Å². The van der Waals surface area contributed by atoms with Crippen molar-refractivity contribution >= 4 is 63.5 Å². The van der Waals surface area contributed by atoms with E-state index in [0.717, 1.165) is 0 Å². The van der Waals surface area contributed by atoms with Crippen LogP contribution in [0.25, 0.3) is 0 Å². The summed E-state index contributed by atoms with van der Waals surface area (Å²) in [5, 5.41) is 0. The molecule has 0 saturated carbocycles. The van der Waals surface area contributed by atoms with Gasteiger partial charge in [-0.1, -0.05) is 0 Å². The van der Waals surface area contributed by atoms with Crippen molar-refractivity contribution in [2.75, 3.05) is 0 Å². The molecule has 0 radical (unpaired) electrons. The van der Waals surface area contributed by atoms with Crippen LogP contribution in [0.15, 0.2) is 0 Å². The predicted molar refractivity (Wildman–Crippen MR) is 49.5 cm³/mol. The average molecular weight is 255 g/mol. The van der Waals surface area contributed by atoms with Crippen molar-refractivity contribution in [2.24, 2.45) is 0 Å². The summed E-state index contributed by atoms with van der Waals surface area (Å²) in [4.78, 5) is 0. The van der Waals surface area contributed by atoms with Gasteiger partial charge in [0.15, 0.2) is 0 Å². The van der Waals surface area contributed by atoms with E-state index in [-0.39, 0.29) is 25.9 Å². The second kappa shape index (κ2) is 6.82. The van der Waals surface area contributed by atoms with E-state index in [2.05, 4.69) is 22.4 Å². The third-order valence-electron chi connectivity index (χ3n) is 0. The quantitative estimate of drug-likeness (QED) is 0.416. The van der Waals surface area contributed by atoms with E-state index < -0.39 is 18.1 Å². The first-order chi connectivity index (χ1) is 4.00. The second-order valence-corrected chi connectivity index (χ2v) is 5.29. The topological polar surface area (TPSA) is 115 Å². The van der Waals surface area contributed by atoms with Gasteiger partial charge in [-0.25, -0.2) is 0 Å². The Bertz CT molecular complexity index is 219. The molecule has 6 nitrogen and oxygen atoms in total. The molecular weight excluding hydrogens is 249 g/mol. The maximum Gasteiger partial charge on any atom is 2.00 e. The molecule has 0 amide bonds. The minimum absolute atomic E-state index is 0. The summed E-state index contributed by atoms with van der Waals surface area (Å²) in [6.07, 6.45) is 0. The van der Waals surface area contributed by atoms with Gasteiger partial charge in [0.25, 0.3) is 18.1 Å². The van der Waals surface area contributed by atoms with Crippen LogP contribution in [0, 0.1) is 0 Å². The van der Waals surface area contributed by atoms with Crippen molar-refractivity contribution in [1.29, 1.82) is 0 Å². The third-order valence-corrected chi connectivity index (χ3v) is 0.